The summed E-state index contributed by atoms with van der Waals surface area (Å²) in [5.41, 5.74) is 5.68. The summed E-state index contributed by atoms with van der Waals surface area (Å²) in [5.74, 6) is -0.219. The molecule has 2 atom stereocenters. The molecular formula is C16H25BrN2O2. The molecule has 2 unspecified atom stereocenters. The summed E-state index contributed by atoms with van der Waals surface area (Å²) in [7, 11) is 0. The number of hydrogen-bond donors (Lipinski definition) is 3. The predicted molar refractivity (Wildman–Crippen MR) is 88.8 cm³/mol. The standard InChI is InChI=1S/C16H25BrN2O2/c1-11(20)9-15(2,3)10-19-14(21)16(4,18)12-5-7-13(17)8-6-12/h5-8,11,20H,9-10,18H2,1-4H3,(H,19,21). The van der Waals surface area contributed by atoms with Crippen molar-refractivity contribution in [2.24, 2.45) is 11.1 Å². The number of nitrogens with one attached hydrogen (secondary N) is 1. The number of aliphatic hydroxyl groups excluding tert-OH is 1. The lowest BCUT2D eigenvalue weighted by molar-refractivity contribution is -0.126. The highest BCUT2D eigenvalue weighted by Gasteiger charge is 2.32. The van der Waals surface area contributed by atoms with E-state index >= 15 is 0 Å². The van der Waals surface area contributed by atoms with Crippen LogP contribution in [0.2, 0.25) is 0 Å². The minimum atomic E-state index is -1.08. The molecule has 0 saturated heterocycles. The van der Waals surface area contributed by atoms with E-state index in [4.69, 9.17) is 5.73 Å². The van der Waals surface area contributed by atoms with Gasteiger partial charge in [0.2, 0.25) is 5.91 Å². The third-order valence-electron chi connectivity index (χ3n) is 3.49. The number of nitrogens with two attached hydrogens (primary N) is 1. The van der Waals surface area contributed by atoms with Crippen LogP contribution < -0.4 is 11.1 Å². The molecule has 118 valence electrons. The van der Waals surface area contributed by atoms with E-state index in [-0.39, 0.29) is 11.3 Å². The van der Waals surface area contributed by atoms with E-state index in [0.29, 0.717) is 13.0 Å². The van der Waals surface area contributed by atoms with E-state index < -0.39 is 11.6 Å². The summed E-state index contributed by atoms with van der Waals surface area (Å²) < 4.78 is 0.945. The van der Waals surface area contributed by atoms with Gasteiger partial charge in [-0.2, -0.15) is 0 Å². The van der Waals surface area contributed by atoms with Crippen LogP contribution in [-0.4, -0.2) is 23.7 Å². The van der Waals surface area contributed by atoms with Gasteiger partial charge in [-0.1, -0.05) is 41.9 Å². The molecule has 0 fully saturated rings. The topological polar surface area (TPSA) is 75.3 Å². The van der Waals surface area contributed by atoms with Crippen LogP contribution in [0, 0.1) is 5.41 Å². The molecule has 0 saturated carbocycles. The number of aliphatic hydroxyl groups is 1. The van der Waals surface area contributed by atoms with Gasteiger partial charge in [0, 0.05) is 11.0 Å². The average molecular weight is 357 g/mol. The Morgan fingerprint density at radius 1 is 1.33 bits per heavy atom. The van der Waals surface area contributed by atoms with E-state index in [9.17, 15) is 9.90 Å². The average Bonchev–Trinajstić information content (AvgIpc) is 2.35. The van der Waals surface area contributed by atoms with Crippen molar-refractivity contribution < 1.29 is 9.90 Å². The molecule has 0 aromatic heterocycles. The summed E-state index contributed by atoms with van der Waals surface area (Å²) in [4.78, 5) is 12.4. The number of benzene rings is 1. The molecule has 5 heteroatoms. The normalized spacial score (nSPS) is 16.1. The van der Waals surface area contributed by atoms with Crippen LogP contribution in [0.1, 0.15) is 39.7 Å². The maximum absolute atomic E-state index is 12.4. The van der Waals surface area contributed by atoms with Crippen molar-refractivity contribution in [3.8, 4) is 0 Å². The summed E-state index contributed by atoms with van der Waals surface area (Å²) in [6.07, 6.45) is 0.222. The molecule has 0 bridgehead atoms. The van der Waals surface area contributed by atoms with Crippen molar-refractivity contribution in [1.29, 1.82) is 0 Å². The van der Waals surface area contributed by atoms with Crippen molar-refractivity contribution in [3.05, 3.63) is 34.3 Å². The summed E-state index contributed by atoms with van der Waals surface area (Å²) in [5, 5.41) is 12.4. The van der Waals surface area contributed by atoms with E-state index in [1.54, 1.807) is 13.8 Å². The Morgan fingerprint density at radius 2 is 1.86 bits per heavy atom. The zero-order valence-electron chi connectivity index (χ0n) is 13.1. The van der Waals surface area contributed by atoms with Crippen LogP contribution in [-0.2, 0) is 10.3 Å². The first-order valence-electron chi connectivity index (χ1n) is 7.06. The van der Waals surface area contributed by atoms with Gasteiger partial charge in [-0.3, -0.25) is 4.79 Å². The van der Waals surface area contributed by atoms with E-state index in [1.165, 1.54) is 0 Å². The van der Waals surface area contributed by atoms with Gasteiger partial charge in [-0.15, -0.1) is 0 Å². The second-order valence-corrected chi connectivity index (χ2v) is 7.52. The van der Waals surface area contributed by atoms with Crippen LogP contribution in [0.3, 0.4) is 0 Å². The van der Waals surface area contributed by atoms with Crippen molar-refractivity contribution >= 4 is 21.8 Å². The molecule has 0 radical (unpaired) electrons. The maximum atomic E-state index is 12.4. The Kier molecular flexibility index (Phi) is 5.96. The molecule has 4 N–H and O–H groups in total. The molecule has 1 aromatic carbocycles. The minimum absolute atomic E-state index is 0.181. The van der Waals surface area contributed by atoms with Crippen LogP contribution in [0.4, 0.5) is 0 Å². The highest BCUT2D eigenvalue weighted by atomic mass is 79.9. The van der Waals surface area contributed by atoms with E-state index in [2.05, 4.69) is 21.2 Å². The molecule has 0 heterocycles. The molecule has 0 spiro atoms. The van der Waals surface area contributed by atoms with Gasteiger partial charge in [-0.05, 0) is 43.4 Å². The Balaban J connectivity index is 2.72. The first kappa shape index (κ1) is 18.1. The fraction of sp³-hybridized carbons (Fsp3) is 0.562. The second kappa shape index (κ2) is 6.90. The minimum Gasteiger partial charge on any atom is -0.393 e. The molecule has 0 aliphatic rings. The quantitative estimate of drug-likeness (QED) is 0.732. The van der Waals surface area contributed by atoms with E-state index in [1.807, 2.05) is 38.1 Å². The fourth-order valence-corrected chi connectivity index (χ4v) is 2.57. The van der Waals surface area contributed by atoms with Gasteiger partial charge in [-0.25, -0.2) is 0 Å². The Hall–Kier alpha value is -0.910. The Morgan fingerprint density at radius 3 is 2.33 bits per heavy atom. The predicted octanol–water partition coefficient (Wildman–Crippen LogP) is 2.54. The number of amides is 1. The number of halogens is 1. The fourth-order valence-electron chi connectivity index (χ4n) is 2.30. The first-order valence-corrected chi connectivity index (χ1v) is 7.85. The molecule has 0 aliphatic carbocycles. The summed E-state index contributed by atoms with van der Waals surface area (Å²) in [6, 6.07) is 7.41. The molecule has 21 heavy (non-hydrogen) atoms. The zero-order chi connectivity index (χ0) is 16.3. The number of hydrogen-bond acceptors (Lipinski definition) is 3. The van der Waals surface area contributed by atoms with Gasteiger partial charge < -0.3 is 16.2 Å². The molecule has 1 aromatic rings. The Bertz CT molecular complexity index is 482. The number of carbonyl (C=O) groups excluding carboxylic acids is 1. The molecule has 1 rings (SSSR count). The summed E-state index contributed by atoms with van der Waals surface area (Å²) in [6.45, 7) is 7.94. The van der Waals surface area contributed by atoms with Gasteiger partial charge in [0.25, 0.3) is 0 Å². The SMILES string of the molecule is CC(O)CC(C)(C)CNC(=O)C(C)(N)c1ccc(Br)cc1. The molecule has 4 nitrogen and oxygen atoms in total. The van der Waals surface area contributed by atoms with E-state index in [0.717, 1.165) is 10.0 Å². The number of rotatable bonds is 6. The number of carbonyl (C=O) groups is 1. The second-order valence-electron chi connectivity index (χ2n) is 6.61. The summed E-state index contributed by atoms with van der Waals surface area (Å²) >= 11 is 3.36. The van der Waals surface area contributed by atoms with Crippen molar-refractivity contribution in [2.75, 3.05) is 6.54 Å². The lowest BCUT2D eigenvalue weighted by atomic mass is 9.86. The first-order chi connectivity index (χ1) is 9.54. The highest BCUT2D eigenvalue weighted by molar-refractivity contribution is 9.10. The van der Waals surface area contributed by atoms with Crippen LogP contribution >= 0.6 is 15.9 Å². The van der Waals surface area contributed by atoms with Crippen LogP contribution in [0.25, 0.3) is 0 Å². The zero-order valence-corrected chi connectivity index (χ0v) is 14.7. The van der Waals surface area contributed by atoms with Gasteiger partial charge in [0.05, 0.1) is 6.10 Å². The third kappa shape index (κ3) is 5.41. The van der Waals surface area contributed by atoms with Crippen LogP contribution in [0.5, 0.6) is 0 Å². The maximum Gasteiger partial charge on any atom is 0.244 e. The Labute approximate surface area is 135 Å². The van der Waals surface area contributed by atoms with Gasteiger partial charge in [0.15, 0.2) is 0 Å². The lowest BCUT2D eigenvalue weighted by Crippen LogP contribution is -2.51. The molecule has 1 amide bonds. The van der Waals surface area contributed by atoms with Crippen molar-refractivity contribution in [1.82, 2.24) is 5.32 Å². The smallest absolute Gasteiger partial charge is 0.244 e. The monoisotopic (exact) mass is 356 g/mol. The van der Waals surface area contributed by atoms with Gasteiger partial charge >= 0.3 is 0 Å². The van der Waals surface area contributed by atoms with Gasteiger partial charge in [0.1, 0.15) is 5.54 Å². The van der Waals surface area contributed by atoms with Crippen LogP contribution in [0.15, 0.2) is 28.7 Å². The lowest BCUT2D eigenvalue weighted by Gasteiger charge is -2.30. The third-order valence-corrected chi connectivity index (χ3v) is 4.02. The highest BCUT2D eigenvalue weighted by Crippen LogP contribution is 2.23. The van der Waals surface area contributed by atoms with Crippen molar-refractivity contribution in [3.63, 3.8) is 0 Å². The largest absolute Gasteiger partial charge is 0.393 e. The molecular weight excluding hydrogens is 332 g/mol. The molecule has 0 aliphatic heterocycles. The van der Waals surface area contributed by atoms with Crippen molar-refractivity contribution in [2.45, 2.75) is 45.8 Å².